The zero-order chi connectivity index (χ0) is 22.2. The van der Waals surface area contributed by atoms with Crippen LogP contribution < -0.4 is 5.32 Å². The van der Waals surface area contributed by atoms with Gasteiger partial charge in [-0.25, -0.2) is 17.2 Å². The van der Waals surface area contributed by atoms with Crippen molar-refractivity contribution in [3.8, 4) is 0 Å². The molecule has 0 saturated carbocycles. The number of nitrogens with one attached hydrogen (secondary N) is 1. The van der Waals surface area contributed by atoms with Crippen LogP contribution in [0.25, 0.3) is 0 Å². The molecule has 1 aliphatic carbocycles. The molecule has 1 amide bonds. The van der Waals surface area contributed by atoms with E-state index in [0.29, 0.717) is 18.0 Å². The molecule has 1 fully saturated rings. The number of hydrogen-bond donors (Lipinski definition) is 1. The number of halogens is 2. The Hall–Kier alpha value is -2.36. The van der Waals surface area contributed by atoms with Gasteiger partial charge in [-0.05, 0) is 61.6 Å². The maximum Gasteiger partial charge on any atom is 0.243 e. The largest absolute Gasteiger partial charge is 0.320 e. The van der Waals surface area contributed by atoms with Crippen LogP contribution in [0.2, 0.25) is 0 Å². The average molecular weight is 450 g/mol. The second-order valence-electron chi connectivity index (χ2n) is 7.99. The van der Waals surface area contributed by atoms with Crippen LogP contribution in [0.1, 0.15) is 24.5 Å². The predicted molar refractivity (Wildman–Crippen MR) is 113 cm³/mol. The molecule has 1 heterocycles. The summed E-state index contributed by atoms with van der Waals surface area (Å²) in [4.78, 5) is 14.6. The van der Waals surface area contributed by atoms with E-state index in [9.17, 15) is 22.0 Å². The minimum atomic E-state index is -3.61. The van der Waals surface area contributed by atoms with Crippen molar-refractivity contribution in [1.29, 1.82) is 0 Å². The Labute approximate surface area is 180 Å². The van der Waals surface area contributed by atoms with Gasteiger partial charge >= 0.3 is 0 Å². The quantitative estimate of drug-likeness (QED) is 0.762. The van der Waals surface area contributed by atoms with E-state index in [0.717, 1.165) is 37.0 Å². The van der Waals surface area contributed by atoms with Gasteiger partial charge in [0.05, 0.1) is 10.9 Å². The Morgan fingerprint density at radius 2 is 1.65 bits per heavy atom. The fourth-order valence-electron chi connectivity index (χ4n) is 4.20. The third-order valence-corrected chi connectivity index (χ3v) is 8.01. The molecule has 1 atom stereocenters. The highest BCUT2D eigenvalue weighted by Crippen LogP contribution is 2.27. The molecule has 0 unspecified atom stereocenters. The van der Waals surface area contributed by atoms with Gasteiger partial charge < -0.3 is 5.32 Å². The number of anilines is 1. The van der Waals surface area contributed by atoms with E-state index < -0.39 is 39.3 Å². The third-order valence-electron chi connectivity index (χ3n) is 6.12. The van der Waals surface area contributed by atoms with Gasteiger partial charge in [-0.3, -0.25) is 9.69 Å². The molecule has 2 aromatic carbocycles. The van der Waals surface area contributed by atoms with Crippen molar-refractivity contribution in [2.24, 2.45) is 0 Å². The molecule has 1 aliphatic heterocycles. The number of benzene rings is 2. The van der Waals surface area contributed by atoms with Crippen molar-refractivity contribution in [3.63, 3.8) is 0 Å². The lowest BCUT2D eigenvalue weighted by Crippen LogP contribution is -2.54. The van der Waals surface area contributed by atoms with Gasteiger partial charge in [0.2, 0.25) is 15.9 Å². The summed E-state index contributed by atoms with van der Waals surface area (Å²) >= 11 is 0. The standard InChI is InChI=1S/C22H25F2N3O3S/c1-15(22(28)25-21-19(23)6-3-7-20(21)24)26-10-12-27(13-11-26)31(29,30)18-9-8-16-4-2-5-17(16)14-18/h3,6-9,14-15H,2,4-5,10-13H2,1H3,(H,25,28)/t15-/m1/s1. The Morgan fingerprint density at radius 1 is 1.00 bits per heavy atom. The van der Waals surface area contributed by atoms with Crippen LogP contribution in [0, 0.1) is 11.6 Å². The second kappa shape index (κ2) is 8.64. The number of fused-ring (bicyclic) bond motifs is 1. The molecule has 4 rings (SSSR count). The summed E-state index contributed by atoms with van der Waals surface area (Å²) in [5.41, 5.74) is 1.84. The molecule has 2 aliphatic rings. The Morgan fingerprint density at radius 3 is 2.32 bits per heavy atom. The van der Waals surface area contributed by atoms with E-state index >= 15 is 0 Å². The van der Waals surface area contributed by atoms with Crippen LogP contribution in [0.3, 0.4) is 0 Å². The normalized spacial score (nSPS) is 18.5. The summed E-state index contributed by atoms with van der Waals surface area (Å²) in [7, 11) is -3.61. The molecule has 1 saturated heterocycles. The first-order valence-corrected chi connectivity index (χ1v) is 11.8. The highest BCUT2D eigenvalue weighted by molar-refractivity contribution is 7.89. The maximum atomic E-state index is 13.8. The molecule has 1 N–H and O–H groups in total. The number of piperazine rings is 1. The molecule has 6 nitrogen and oxygen atoms in total. The average Bonchev–Trinajstić information content (AvgIpc) is 3.24. The number of sulfonamides is 1. The van der Waals surface area contributed by atoms with Gasteiger partial charge in [0.25, 0.3) is 0 Å². The summed E-state index contributed by atoms with van der Waals surface area (Å²) in [6.45, 7) is 2.81. The smallest absolute Gasteiger partial charge is 0.243 e. The van der Waals surface area contributed by atoms with E-state index in [1.807, 2.05) is 11.0 Å². The highest BCUT2D eigenvalue weighted by Gasteiger charge is 2.32. The minimum absolute atomic E-state index is 0.241. The first kappa shape index (κ1) is 21.9. The Kier molecular flexibility index (Phi) is 6.09. The third kappa shape index (κ3) is 4.35. The van der Waals surface area contributed by atoms with Crippen molar-refractivity contribution in [1.82, 2.24) is 9.21 Å². The van der Waals surface area contributed by atoms with Gasteiger partial charge in [-0.1, -0.05) is 12.1 Å². The zero-order valence-electron chi connectivity index (χ0n) is 17.3. The van der Waals surface area contributed by atoms with Crippen molar-refractivity contribution in [2.75, 3.05) is 31.5 Å². The maximum absolute atomic E-state index is 13.8. The number of aryl methyl sites for hydroxylation is 2. The molecule has 0 spiro atoms. The fourth-order valence-corrected chi connectivity index (χ4v) is 5.67. The van der Waals surface area contributed by atoms with Crippen molar-refractivity contribution < 1.29 is 22.0 Å². The molecule has 2 aromatic rings. The number of rotatable bonds is 5. The van der Waals surface area contributed by atoms with Gasteiger partial charge in [0, 0.05) is 26.2 Å². The number of carbonyl (C=O) groups excluding carboxylic acids is 1. The molecule has 166 valence electrons. The van der Waals surface area contributed by atoms with E-state index in [1.165, 1.54) is 15.9 Å². The lowest BCUT2D eigenvalue weighted by molar-refractivity contribution is -0.121. The summed E-state index contributed by atoms with van der Waals surface area (Å²) < 4.78 is 55.2. The van der Waals surface area contributed by atoms with Crippen LogP contribution in [0.4, 0.5) is 14.5 Å². The first-order chi connectivity index (χ1) is 14.8. The van der Waals surface area contributed by atoms with Crippen molar-refractivity contribution in [2.45, 2.75) is 37.1 Å². The Bertz CT molecular complexity index is 1080. The van der Waals surface area contributed by atoms with Gasteiger partial charge in [0.1, 0.15) is 17.3 Å². The molecule has 0 radical (unpaired) electrons. The van der Waals surface area contributed by atoms with E-state index in [2.05, 4.69) is 5.32 Å². The monoisotopic (exact) mass is 449 g/mol. The number of carbonyl (C=O) groups is 1. The van der Waals surface area contributed by atoms with Crippen molar-refractivity contribution in [3.05, 3.63) is 59.2 Å². The summed E-state index contributed by atoms with van der Waals surface area (Å²) in [5.74, 6) is -2.23. The number of hydrogen-bond acceptors (Lipinski definition) is 4. The SMILES string of the molecule is C[C@H](C(=O)Nc1c(F)cccc1F)N1CCN(S(=O)(=O)c2ccc3c(c2)CCC3)CC1. The predicted octanol–water partition coefficient (Wildman–Crippen LogP) is 2.79. The molecule has 31 heavy (non-hydrogen) atoms. The van der Waals surface area contributed by atoms with Gasteiger partial charge in [-0.2, -0.15) is 4.31 Å². The van der Waals surface area contributed by atoms with Gasteiger partial charge in [0.15, 0.2) is 0 Å². The number of nitrogens with zero attached hydrogens (tertiary/aromatic N) is 2. The van der Waals surface area contributed by atoms with Crippen LogP contribution in [-0.2, 0) is 27.7 Å². The Balaban J connectivity index is 1.39. The van der Waals surface area contributed by atoms with Crippen LogP contribution >= 0.6 is 0 Å². The molecule has 0 bridgehead atoms. The lowest BCUT2D eigenvalue weighted by Gasteiger charge is -2.36. The number of amides is 1. The molecular weight excluding hydrogens is 424 g/mol. The zero-order valence-corrected chi connectivity index (χ0v) is 18.1. The summed E-state index contributed by atoms with van der Waals surface area (Å²) in [6.07, 6.45) is 2.95. The number of para-hydroxylation sites is 1. The fraction of sp³-hybridized carbons (Fsp3) is 0.409. The van der Waals surface area contributed by atoms with E-state index in [4.69, 9.17) is 0 Å². The van der Waals surface area contributed by atoms with E-state index in [-0.39, 0.29) is 13.1 Å². The van der Waals surface area contributed by atoms with E-state index in [1.54, 1.807) is 19.1 Å². The topological polar surface area (TPSA) is 69.7 Å². The van der Waals surface area contributed by atoms with Crippen LogP contribution in [0.5, 0.6) is 0 Å². The minimum Gasteiger partial charge on any atom is -0.320 e. The summed E-state index contributed by atoms with van der Waals surface area (Å²) in [5, 5.41) is 2.30. The lowest BCUT2D eigenvalue weighted by atomic mass is 10.1. The van der Waals surface area contributed by atoms with Crippen LogP contribution in [-0.4, -0.2) is 55.8 Å². The second-order valence-corrected chi connectivity index (χ2v) is 9.92. The molecular formula is C22H25F2N3O3S. The van der Waals surface area contributed by atoms with Crippen molar-refractivity contribution >= 4 is 21.6 Å². The molecule has 9 heteroatoms. The first-order valence-electron chi connectivity index (χ1n) is 10.4. The summed E-state index contributed by atoms with van der Waals surface area (Å²) in [6, 6.07) is 8.07. The van der Waals surface area contributed by atoms with Crippen LogP contribution in [0.15, 0.2) is 41.3 Å². The van der Waals surface area contributed by atoms with Gasteiger partial charge in [-0.15, -0.1) is 0 Å². The molecule has 0 aromatic heterocycles. The highest BCUT2D eigenvalue weighted by atomic mass is 32.2.